The van der Waals surface area contributed by atoms with E-state index in [9.17, 15) is 0 Å². The van der Waals surface area contributed by atoms with Crippen molar-refractivity contribution < 1.29 is 4.74 Å². The molecule has 2 heterocycles. The van der Waals surface area contributed by atoms with E-state index in [4.69, 9.17) is 16.3 Å². The van der Waals surface area contributed by atoms with E-state index in [-0.39, 0.29) is 5.41 Å². The van der Waals surface area contributed by atoms with E-state index in [0.717, 1.165) is 11.3 Å². The van der Waals surface area contributed by atoms with Crippen molar-refractivity contribution in [3.8, 4) is 11.6 Å². The standard InChI is InChI=1S/C15H18ClN3O/c1-9-12(16)18-14(15(3,4)5)19-13(9)20-11-7-6-8-17-10(11)2/h6-8H,1-5H3. The van der Waals surface area contributed by atoms with Crippen LogP contribution in [0.2, 0.25) is 5.15 Å². The van der Waals surface area contributed by atoms with Gasteiger partial charge in [0.1, 0.15) is 11.0 Å². The van der Waals surface area contributed by atoms with E-state index in [1.165, 1.54) is 0 Å². The number of ether oxygens (including phenoxy) is 1. The Morgan fingerprint density at radius 2 is 1.85 bits per heavy atom. The van der Waals surface area contributed by atoms with Crippen LogP contribution < -0.4 is 4.74 Å². The summed E-state index contributed by atoms with van der Waals surface area (Å²) in [7, 11) is 0. The average Bonchev–Trinajstić information content (AvgIpc) is 2.36. The number of aryl methyl sites for hydroxylation is 1. The van der Waals surface area contributed by atoms with Gasteiger partial charge < -0.3 is 4.74 Å². The SMILES string of the molecule is Cc1ncccc1Oc1nc(C(C)(C)C)nc(Cl)c1C. The molecule has 0 saturated heterocycles. The van der Waals surface area contributed by atoms with Crippen molar-refractivity contribution in [2.45, 2.75) is 40.0 Å². The highest BCUT2D eigenvalue weighted by molar-refractivity contribution is 6.30. The van der Waals surface area contributed by atoms with Crippen LogP contribution in [0.5, 0.6) is 11.6 Å². The molecule has 5 heteroatoms. The molecule has 2 aromatic heterocycles. The van der Waals surface area contributed by atoms with E-state index in [1.54, 1.807) is 6.20 Å². The molecule has 106 valence electrons. The first-order valence-electron chi connectivity index (χ1n) is 6.43. The number of halogens is 1. The van der Waals surface area contributed by atoms with Crippen LogP contribution in [-0.2, 0) is 5.41 Å². The quantitative estimate of drug-likeness (QED) is 0.777. The Morgan fingerprint density at radius 3 is 2.45 bits per heavy atom. The summed E-state index contributed by atoms with van der Waals surface area (Å²) in [5.74, 6) is 1.81. The van der Waals surface area contributed by atoms with Gasteiger partial charge in [0.2, 0.25) is 5.88 Å². The number of nitrogens with zero attached hydrogens (tertiary/aromatic N) is 3. The molecule has 4 nitrogen and oxygen atoms in total. The maximum absolute atomic E-state index is 6.18. The van der Waals surface area contributed by atoms with Crippen molar-refractivity contribution in [2.24, 2.45) is 0 Å². The Kier molecular flexibility index (Phi) is 3.95. The van der Waals surface area contributed by atoms with Gasteiger partial charge in [0.15, 0.2) is 5.75 Å². The van der Waals surface area contributed by atoms with Crippen molar-refractivity contribution in [2.75, 3.05) is 0 Å². The van der Waals surface area contributed by atoms with E-state index in [0.29, 0.717) is 22.6 Å². The van der Waals surface area contributed by atoms with Crippen molar-refractivity contribution in [1.29, 1.82) is 0 Å². The molecule has 0 aliphatic rings. The van der Waals surface area contributed by atoms with Gasteiger partial charge >= 0.3 is 0 Å². The molecule has 0 N–H and O–H groups in total. The normalized spacial score (nSPS) is 11.5. The molecular weight excluding hydrogens is 274 g/mol. The fraction of sp³-hybridized carbons (Fsp3) is 0.400. The van der Waals surface area contributed by atoms with Crippen LogP contribution in [0.4, 0.5) is 0 Å². The average molecular weight is 292 g/mol. The number of pyridine rings is 1. The first-order chi connectivity index (χ1) is 9.29. The smallest absolute Gasteiger partial charge is 0.227 e. The molecule has 0 aliphatic carbocycles. The molecule has 0 saturated carbocycles. The number of hydrogen-bond acceptors (Lipinski definition) is 4. The molecule has 0 atom stereocenters. The van der Waals surface area contributed by atoms with Crippen molar-refractivity contribution in [3.63, 3.8) is 0 Å². The molecule has 20 heavy (non-hydrogen) atoms. The van der Waals surface area contributed by atoms with Gasteiger partial charge in [-0.25, -0.2) is 4.98 Å². The van der Waals surface area contributed by atoms with Crippen molar-refractivity contribution in [1.82, 2.24) is 15.0 Å². The first kappa shape index (κ1) is 14.7. The molecule has 0 radical (unpaired) electrons. The second kappa shape index (κ2) is 5.37. The van der Waals surface area contributed by atoms with E-state index in [1.807, 2.05) is 46.8 Å². The summed E-state index contributed by atoms with van der Waals surface area (Å²) in [6, 6.07) is 3.68. The highest BCUT2D eigenvalue weighted by Crippen LogP contribution is 2.31. The van der Waals surface area contributed by atoms with Gasteiger partial charge in [0, 0.05) is 17.2 Å². The van der Waals surface area contributed by atoms with E-state index >= 15 is 0 Å². The summed E-state index contributed by atoms with van der Waals surface area (Å²) in [4.78, 5) is 13.0. The molecule has 0 unspecified atom stereocenters. The molecular formula is C15H18ClN3O. The van der Waals surface area contributed by atoms with Crippen molar-refractivity contribution >= 4 is 11.6 Å². The maximum Gasteiger partial charge on any atom is 0.227 e. The maximum atomic E-state index is 6.18. The molecule has 2 rings (SSSR count). The zero-order chi connectivity index (χ0) is 14.9. The van der Waals surface area contributed by atoms with Gasteiger partial charge in [-0.3, -0.25) is 4.98 Å². The number of rotatable bonds is 2. The second-order valence-electron chi connectivity index (χ2n) is 5.71. The minimum Gasteiger partial charge on any atom is -0.437 e. The third kappa shape index (κ3) is 3.07. The summed E-state index contributed by atoms with van der Waals surface area (Å²) in [6.45, 7) is 9.83. The first-order valence-corrected chi connectivity index (χ1v) is 6.81. The monoisotopic (exact) mass is 291 g/mol. The lowest BCUT2D eigenvalue weighted by molar-refractivity contribution is 0.437. The molecule has 0 aromatic carbocycles. The topological polar surface area (TPSA) is 47.9 Å². The van der Waals surface area contributed by atoms with Crippen LogP contribution in [0.1, 0.15) is 37.9 Å². The lowest BCUT2D eigenvalue weighted by atomic mass is 9.96. The second-order valence-corrected chi connectivity index (χ2v) is 6.07. The summed E-state index contributed by atoms with van der Waals surface area (Å²) in [5, 5.41) is 0.418. The molecule has 0 spiro atoms. The zero-order valence-corrected chi connectivity index (χ0v) is 13.1. The Balaban J connectivity index is 2.46. The fourth-order valence-corrected chi connectivity index (χ4v) is 1.75. The van der Waals surface area contributed by atoms with Crippen LogP contribution >= 0.6 is 11.6 Å². The van der Waals surface area contributed by atoms with Gasteiger partial charge in [-0.05, 0) is 26.0 Å². The van der Waals surface area contributed by atoms with Gasteiger partial charge in [-0.1, -0.05) is 32.4 Å². The van der Waals surface area contributed by atoms with E-state index in [2.05, 4.69) is 15.0 Å². The third-order valence-corrected chi connectivity index (χ3v) is 3.25. The van der Waals surface area contributed by atoms with Crippen LogP contribution in [0.25, 0.3) is 0 Å². The van der Waals surface area contributed by atoms with Gasteiger partial charge in [0.05, 0.1) is 5.69 Å². The summed E-state index contributed by atoms with van der Waals surface area (Å²) in [5.41, 5.74) is 1.33. The highest BCUT2D eigenvalue weighted by atomic mass is 35.5. The molecule has 0 aliphatic heterocycles. The predicted octanol–water partition coefficient (Wildman–Crippen LogP) is 4.23. The lowest BCUT2D eigenvalue weighted by Crippen LogP contribution is -2.17. The highest BCUT2D eigenvalue weighted by Gasteiger charge is 2.21. The zero-order valence-electron chi connectivity index (χ0n) is 12.4. The number of aromatic nitrogens is 3. The third-order valence-electron chi connectivity index (χ3n) is 2.88. The molecule has 0 bridgehead atoms. The molecule has 2 aromatic rings. The minimum absolute atomic E-state index is 0.195. The minimum atomic E-state index is -0.195. The Morgan fingerprint density at radius 1 is 1.15 bits per heavy atom. The van der Waals surface area contributed by atoms with Crippen molar-refractivity contribution in [3.05, 3.63) is 40.6 Å². The van der Waals surface area contributed by atoms with Crippen LogP contribution in [-0.4, -0.2) is 15.0 Å². The van der Waals surface area contributed by atoms with Gasteiger partial charge in [0.25, 0.3) is 0 Å². The molecule has 0 fully saturated rings. The van der Waals surface area contributed by atoms with E-state index < -0.39 is 0 Å². The predicted molar refractivity (Wildman–Crippen MR) is 79.5 cm³/mol. The van der Waals surface area contributed by atoms with Crippen LogP contribution in [0.15, 0.2) is 18.3 Å². The number of hydrogen-bond donors (Lipinski definition) is 0. The summed E-state index contributed by atoms with van der Waals surface area (Å²) < 4.78 is 5.86. The van der Waals surface area contributed by atoms with Crippen LogP contribution in [0.3, 0.4) is 0 Å². The summed E-state index contributed by atoms with van der Waals surface area (Å²) >= 11 is 6.18. The molecule has 0 amide bonds. The lowest BCUT2D eigenvalue weighted by Gasteiger charge is -2.19. The van der Waals surface area contributed by atoms with Crippen LogP contribution in [0, 0.1) is 13.8 Å². The Bertz CT molecular complexity index is 636. The fourth-order valence-electron chi connectivity index (χ4n) is 1.59. The van der Waals surface area contributed by atoms with Gasteiger partial charge in [-0.15, -0.1) is 0 Å². The largest absolute Gasteiger partial charge is 0.437 e. The Labute approximate surface area is 124 Å². The summed E-state index contributed by atoms with van der Waals surface area (Å²) in [6.07, 6.45) is 1.72. The van der Waals surface area contributed by atoms with Gasteiger partial charge in [-0.2, -0.15) is 4.98 Å². The Hall–Kier alpha value is -1.68.